The maximum Gasteiger partial charge on any atom is 0.224 e. The molecule has 0 fully saturated rings. The summed E-state index contributed by atoms with van der Waals surface area (Å²) in [4.78, 5) is 24.0. The molecule has 0 aliphatic rings. The first kappa shape index (κ1) is 16.1. The lowest BCUT2D eigenvalue weighted by Gasteiger charge is -2.25. The third-order valence-electron chi connectivity index (χ3n) is 3.11. The quantitative estimate of drug-likeness (QED) is 0.899. The van der Waals surface area contributed by atoms with Crippen molar-refractivity contribution in [2.45, 2.75) is 26.3 Å². The molecule has 0 aliphatic carbocycles. The molecule has 4 nitrogen and oxygen atoms in total. The van der Waals surface area contributed by atoms with Crippen LogP contribution in [0.4, 0.5) is 8.78 Å². The molecule has 1 aromatic rings. The van der Waals surface area contributed by atoms with Gasteiger partial charge in [-0.2, -0.15) is 0 Å². The van der Waals surface area contributed by atoms with E-state index in [1.54, 1.807) is 14.0 Å². The van der Waals surface area contributed by atoms with Crippen LogP contribution in [0.5, 0.6) is 0 Å². The van der Waals surface area contributed by atoms with Gasteiger partial charge in [-0.15, -0.1) is 0 Å². The van der Waals surface area contributed by atoms with E-state index in [-0.39, 0.29) is 30.8 Å². The summed E-state index contributed by atoms with van der Waals surface area (Å²) in [5, 5.41) is 2.53. The molecule has 1 aromatic carbocycles. The number of carbonyl (C=O) groups excluding carboxylic acids is 2. The van der Waals surface area contributed by atoms with Crippen molar-refractivity contribution in [1.82, 2.24) is 10.2 Å². The van der Waals surface area contributed by atoms with Crippen molar-refractivity contribution in [2.75, 3.05) is 13.6 Å². The van der Waals surface area contributed by atoms with Crippen molar-refractivity contribution in [3.63, 3.8) is 0 Å². The summed E-state index contributed by atoms with van der Waals surface area (Å²) < 4.78 is 26.0. The zero-order chi connectivity index (χ0) is 15.3. The van der Waals surface area contributed by atoms with Gasteiger partial charge in [0.05, 0.1) is 6.04 Å². The van der Waals surface area contributed by atoms with Gasteiger partial charge in [0.1, 0.15) is 0 Å². The first-order valence-corrected chi connectivity index (χ1v) is 6.28. The molecule has 1 rings (SSSR count). The minimum atomic E-state index is -0.937. The van der Waals surface area contributed by atoms with Crippen molar-refractivity contribution in [1.29, 1.82) is 0 Å². The van der Waals surface area contributed by atoms with E-state index < -0.39 is 11.6 Å². The maximum atomic E-state index is 13.2. The van der Waals surface area contributed by atoms with Crippen LogP contribution in [0.15, 0.2) is 18.2 Å². The Balaban J connectivity index is 2.65. The SMILES string of the molecule is CC(=O)NCCC(=O)N(C)C(C)c1ccc(F)c(F)c1. The Labute approximate surface area is 116 Å². The fraction of sp³-hybridized carbons (Fsp3) is 0.429. The molecule has 6 heteroatoms. The van der Waals surface area contributed by atoms with Gasteiger partial charge in [0.2, 0.25) is 11.8 Å². The number of halogens is 2. The minimum absolute atomic E-state index is 0.157. The highest BCUT2D eigenvalue weighted by Gasteiger charge is 2.18. The van der Waals surface area contributed by atoms with Crippen LogP contribution < -0.4 is 5.32 Å². The standard InChI is InChI=1S/C14H18F2N2O2/c1-9(11-4-5-12(15)13(16)8-11)18(3)14(20)6-7-17-10(2)19/h4-5,8-9H,6-7H2,1-3H3,(H,17,19). The van der Waals surface area contributed by atoms with E-state index in [4.69, 9.17) is 0 Å². The Bertz CT molecular complexity index is 506. The molecule has 0 saturated carbocycles. The lowest BCUT2D eigenvalue weighted by molar-refractivity contribution is -0.131. The molecule has 0 radical (unpaired) electrons. The van der Waals surface area contributed by atoms with Gasteiger partial charge in [0.15, 0.2) is 11.6 Å². The van der Waals surface area contributed by atoms with E-state index >= 15 is 0 Å². The van der Waals surface area contributed by atoms with Crippen LogP contribution in [0.2, 0.25) is 0 Å². The number of hydrogen-bond acceptors (Lipinski definition) is 2. The second kappa shape index (κ2) is 6.98. The fourth-order valence-electron chi connectivity index (χ4n) is 1.73. The highest BCUT2D eigenvalue weighted by atomic mass is 19.2. The average molecular weight is 284 g/mol. The summed E-state index contributed by atoms with van der Waals surface area (Å²) in [6.07, 6.45) is 0.157. The van der Waals surface area contributed by atoms with Crippen LogP contribution in [-0.4, -0.2) is 30.3 Å². The molecule has 0 aliphatic heterocycles. The molecule has 0 spiro atoms. The second-order valence-electron chi connectivity index (χ2n) is 4.59. The van der Waals surface area contributed by atoms with Crippen molar-refractivity contribution in [3.8, 4) is 0 Å². The number of nitrogens with one attached hydrogen (secondary N) is 1. The molecule has 1 atom stereocenters. The van der Waals surface area contributed by atoms with Crippen LogP contribution in [0.25, 0.3) is 0 Å². The monoisotopic (exact) mass is 284 g/mol. The van der Waals surface area contributed by atoms with Gasteiger partial charge in [-0.1, -0.05) is 6.07 Å². The molecule has 1 N–H and O–H groups in total. The van der Waals surface area contributed by atoms with Crippen LogP contribution in [0, 0.1) is 11.6 Å². The lowest BCUT2D eigenvalue weighted by Crippen LogP contribution is -2.33. The molecular formula is C14H18F2N2O2. The van der Waals surface area contributed by atoms with E-state index in [2.05, 4.69) is 5.32 Å². The first-order valence-electron chi connectivity index (χ1n) is 6.28. The molecule has 1 unspecified atom stereocenters. The Hall–Kier alpha value is -1.98. The summed E-state index contributed by atoms with van der Waals surface area (Å²) in [5.74, 6) is -2.24. The number of nitrogens with zero attached hydrogens (tertiary/aromatic N) is 1. The van der Waals surface area contributed by atoms with Crippen molar-refractivity contribution in [2.24, 2.45) is 0 Å². The first-order chi connectivity index (χ1) is 9.32. The Morgan fingerprint density at radius 3 is 2.50 bits per heavy atom. The number of rotatable bonds is 5. The summed E-state index contributed by atoms with van der Waals surface area (Å²) in [6, 6.07) is 3.18. The van der Waals surface area contributed by atoms with Gasteiger partial charge < -0.3 is 10.2 Å². The van der Waals surface area contributed by atoms with Gasteiger partial charge in [-0.25, -0.2) is 8.78 Å². The predicted octanol–water partition coefficient (Wildman–Crippen LogP) is 2.01. The summed E-state index contributed by atoms with van der Waals surface area (Å²) in [7, 11) is 1.59. The average Bonchev–Trinajstić information content (AvgIpc) is 2.39. The van der Waals surface area contributed by atoms with E-state index in [0.717, 1.165) is 12.1 Å². The van der Waals surface area contributed by atoms with Crippen LogP contribution >= 0.6 is 0 Å². The molecule has 0 heterocycles. The van der Waals surface area contributed by atoms with Gasteiger partial charge in [-0.3, -0.25) is 9.59 Å². The van der Waals surface area contributed by atoms with E-state index in [9.17, 15) is 18.4 Å². The highest BCUT2D eigenvalue weighted by molar-refractivity contribution is 5.78. The summed E-state index contributed by atoms with van der Waals surface area (Å²) in [6.45, 7) is 3.35. The molecular weight excluding hydrogens is 266 g/mol. The summed E-state index contributed by atoms with van der Waals surface area (Å²) >= 11 is 0. The maximum absolute atomic E-state index is 13.2. The number of carbonyl (C=O) groups is 2. The summed E-state index contributed by atoms with van der Waals surface area (Å²) in [5.41, 5.74) is 0.513. The topological polar surface area (TPSA) is 49.4 Å². The molecule has 0 saturated heterocycles. The zero-order valence-corrected chi connectivity index (χ0v) is 11.7. The Kier molecular flexibility index (Phi) is 5.61. The van der Waals surface area contributed by atoms with Crippen LogP contribution in [0.3, 0.4) is 0 Å². The lowest BCUT2D eigenvalue weighted by atomic mass is 10.1. The van der Waals surface area contributed by atoms with Crippen molar-refractivity contribution in [3.05, 3.63) is 35.4 Å². The largest absolute Gasteiger partial charge is 0.356 e. The van der Waals surface area contributed by atoms with Gasteiger partial charge in [0.25, 0.3) is 0 Å². The number of benzene rings is 1. The second-order valence-corrected chi connectivity index (χ2v) is 4.59. The number of amides is 2. The van der Waals surface area contributed by atoms with Gasteiger partial charge in [0, 0.05) is 26.9 Å². The molecule has 0 aromatic heterocycles. The van der Waals surface area contributed by atoms with Crippen LogP contribution in [-0.2, 0) is 9.59 Å². The fourth-order valence-corrected chi connectivity index (χ4v) is 1.73. The Morgan fingerprint density at radius 1 is 1.30 bits per heavy atom. The third kappa shape index (κ3) is 4.29. The predicted molar refractivity (Wildman–Crippen MR) is 70.8 cm³/mol. The third-order valence-corrected chi connectivity index (χ3v) is 3.11. The smallest absolute Gasteiger partial charge is 0.224 e. The molecule has 0 bridgehead atoms. The van der Waals surface area contributed by atoms with E-state index in [0.29, 0.717) is 5.56 Å². The van der Waals surface area contributed by atoms with E-state index in [1.807, 2.05) is 0 Å². The molecule has 20 heavy (non-hydrogen) atoms. The number of hydrogen-bond donors (Lipinski definition) is 1. The normalized spacial score (nSPS) is 11.8. The Morgan fingerprint density at radius 2 is 1.95 bits per heavy atom. The molecule has 2 amide bonds. The minimum Gasteiger partial charge on any atom is -0.356 e. The van der Waals surface area contributed by atoms with Crippen molar-refractivity contribution >= 4 is 11.8 Å². The van der Waals surface area contributed by atoms with Gasteiger partial charge >= 0.3 is 0 Å². The van der Waals surface area contributed by atoms with Crippen molar-refractivity contribution < 1.29 is 18.4 Å². The zero-order valence-electron chi connectivity index (χ0n) is 11.7. The highest BCUT2D eigenvalue weighted by Crippen LogP contribution is 2.21. The van der Waals surface area contributed by atoms with E-state index in [1.165, 1.54) is 17.9 Å². The van der Waals surface area contributed by atoms with Gasteiger partial charge in [-0.05, 0) is 24.6 Å². The van der Waals surface area contributed by atoms with Crippen LogP contribution in [0.1, 0.15) is 31.9 Å². The molecule has 110 valence electrons.